The van der Waals surface area contributed by atoms with Crippen LogP contribution in [0.1, 0.15) is 15.9 Å². The number of carbonyl (C=O) groups is 3. The number of hydrogen-bond donors (Lipinski definition) is 1. The number of rotatable bonds is 5. The Morgan fingerprint density at radius 1 is 1.09 bits per heavy atom. The molecule has 2 aromatic carbocycles. The first-order chi connectivity index (χ1) is 16.8. The summed E-state index contributed by atoms with van der Waals surface area (Å²) in [6, 6.07) is 11.5. The second-order valence-corrected chi connectivity index (χ2v) is 8.58. The average molecular weight is 472 g/mol. The van der Waals surface area contributed by atoms with Crippen LogP contribution in [0.15, 0.2) is 67.1 Å². The molecule has 3 aromatic rings. The van der Waals surface area contributed by atoms with Crippen LogP contribution in [-0.4, -0.2) is 63.6 Å². The van der Waals surface area contributed by atoms with Crippen LogP contribution in [0.3, 0.4) is 0 Å². The first kappa shape index (κ1) is 22.5. The molecular formula is C26H25N5O4. The fraction of sp³-hybridized carbons (Fsp3) is 0.231. The summed E-state index contributed by atoms with van der Waals surface area (Å²) in [6.45, 7) is 9.49. The van der Waals surface area contributed by atoms with Crippen LogP contribution in [0.5, 0.6) is 0 Å². The third kappa shape index (κ3) is 4.10. The highest BCUT2D eigenvalue weighted by molar-refractivity contribution is 6.08. The van der Waals surface area contributed by atoms with Gasteiger partial charge in [-0.3, -0.25) is 24.0 Å². The lowest BCUT2D eigenvalue weighted by Gasteiger charge is -2.27. The number of carbonyl (C=O) groups excluding carboxylic acids is 3. The predicted molar refractivity (Wildman–Crippen MR) is 130 cm³/mol. The number of nitrogens with one attached hydrogen (secondary N) is 1. The lowest BCUT2D eigenvalue weighted by molar-refractivity contribution is -0.132. The lowest BCUT2D eigenvalue weighted by Crippen LogP contribution is -2.45. The number of morpholine rings is 1. The molecule has 0 spiro atoms. The number of amides is 3. The molecule has 2 aliphatic rings. The monoisotopic (exact) mass is 471 g/mol. The van der Waals surface area contributed by atoms with Crippen molar-refractivity contribution in [2.24, 2.45) is 7.05 Å². The minimum atomic E-state index is -0.643. The molecule has 1 fully saturated rings. The summed E-state index contributed by atoms with van der Waals surface area (Å²) in [5.74, 6) is -1.33. The summed E-state index contributed by atoms with van der Waals surface area (Å²) in [7, 11) is 1.87. The molecule has 1 aromatic heterocycles. The summed E-state index contributed by atoms with van der Waals surface area (Å²) in [5.41, 5.74) is 3.98. The van der Waals surface area contributed by atoms with E-state index in [1.807, 2.05) is 43.6 Å². The van der Waals surface area contributed by atoms with Crippen molar-refractivity contribution in [3.05, 3.63) is 78.3 Å². The van der Waals surface area contributed by atoms with Crippen LogP contribution in [0.2, 0.25) is 0 Å². The Kier molecular flexibility index (Phi) is 5.70. The standard InChI is InChI=1S/C26H25N5O4/c1-16(25(33)30-9-11-35-12-10-30)27-24(32)17(2)31-15-22-20(5-4-6-21(22)26(31)34)18-7-8-23-19(13-18)14-29(3)28-23/h4-8,13-14H,1-2,9-12,15H2,3H3,(H,27,32). The van der Waals surface area contributed by atoms with E-state index in [-0.39, 0.29) is 29.8 Å². The van der Waals surface area contributed by atoms with Crippen molar-refractivity contribution >= 4 is 28.6 Å². The van der Waals surface area contributed by atoms with Crippen molar-refractivity contribution in [3.8, 4) is 11.1 Å². The molecule has 178 valence electrons. The zero-order valence-electron chi connectivity index (χ0n) is 19.4. The minimum Gasteiger partial charge on any atom is -0.378 e. The average Bonchev–Trinajstić information content (AvgIpc) is 3.41. The molecule has 0 atom stereocenters. The molecule has 5 rings (SSSR count). The molecule has 9 heteroatoms. The van der Waals surface area contributed by atoms with Gasteiger partial charge in [0.15, 0.2) is 0 Å². The highest BCUT2D eigenvalue weighted by Gasteiger charge is 2.34. The van der Waals surface area contributed by atoms with Gasteiger partial charge in [-0.15, -0.1) is 0 Å². The largest absolute Gasteiger partial charge is 0.378 e. The highest BCUT2D eigenvalue weighted by atomic mass is 16.5. The Bertz CT molecular complexity index is 1400. The second kappa shape index (κ2) is 8.84. The Labute approximate surface area is 202 Å². The van der Waals surface area contributed by atoms with E-state index in [0.717, 1.165) is 27.6 Å². The smallest absolute Gasteiger partial charge is 0.271 e. The van der Waals surface area contributed by atoms with Gasteiger partial charge in [0.25, 0.3) is 17.7 Å². The fourth-order valence-electron chi connectivity index (χ4n) is 4.48. The maximum atomic E-state index is 13.2. The maximum Gasteiger partial charge on any atom is 0.271 e. The molecule has 0 unspecified atom stereocenters. The van der Waals surface area contributed by atoms with E-state index in [2.05, 4.69) is 23.6 Å². The molecule has 0 saturated carbocycles. The zero-order valence-corrected chi connectivity index (χ0v) is 19.4. The van der Waals surface area contributed by atoms with E-state index in [1.54, 1.807) is 15.6 Å². The van der Waals surface area contributed by atoms with Crippen LogP contribution < -0.4 is 5.32 Å². The van der Waals surface area contributed by atoms with E-state index < -0.39 is 5.91 Å². The fourth-order valence-corrected chi connectivity index (χ4v) is 4.48. The summed E-state index contributed by atoms with van der Waals surface area (Å²) in [4.78, 5) is 41.5. The zero-order chi connectivity index (χ0) is 24.7. The van der Waals surface area contributed by atoms with Crippen molar-refractivity contribution in [1.82, 2.24) is 24.9 Å². The summed E-state index contributed by atoms with van der Waals surface area (Å²) >= 11 is 0. The molecule has 0 bridgehead atoms. The summed E-state index contributed by atoms with van der Waals surface area (Å²) in [6.07, 6.45) is 1.94. The van der Waals surface area contributed by atoms with Gasteiger partial charge in [0.1, 0.15) is 5.70 Å². The van der Waals surface area contributed by atoms with Crippen LogP contribution in [0.4, 0.5) is 0 Å². The third-order valence-electron chi connectivity index (χ3n) is 6.31. The van der Waals surface area contributed by atoms with Gasteiger partial charge in [0, 0.05) is 37.3 Å². The molecule has 2 aliphatic heterocycles. The quantitative estimate of drug-likeness (QED) is 0.576. The number of aromatic nitrogens is 2. The van der Waals surface area contributed by atoms with Crippen molar-refractivity contribution in [3.63, 3.8) is 0 Å². The van der Waals surface area contributed by atoms with Crippen LogP contribution in [0, 0.1) is 0 Å². The molecule has 3 amide bonds. The third-order valence-corrected chi connectivity index (χ3v) is 6.31. The van der Waals surface area contributed by atoms with Crippen molar-refractivity contribution < 1.29 is 19.1 Å². The Morgan fingerprint density at radius 3 is 2.60 bits per heavy atom. The van der Waals surface area contributed by atoms with Gasteiger partial charge in [-0.1, -0.05) is 31.4 Å². The van der Waals surface area contributed by atoms with E-state index >= 15 is 0 Å². The summed E-state index contributed by atoms with van der Waals surface area (Å²) in [5, 5.41) is 7.91. The Hall–Kier alpha value is -4.24. The molecule has 3 heterocycles. The molecule has 35 heavy (non-hydrogen) atoms. The minimum absolute atomic E-state index is 0.0456. The summed E-state index contributed by atoms with van der Waals surface area (Å²) < 4.78 is 7.01. The van der Waals surface area contributed by atoms with Gasteiger partial charge in [-0.25, -0.2) is 0 Å². The SMILES string of the molecule is C=C(NC(=O)C(=C)N1Cc2c(cccc2-c2ccc3nn(C)cc3c2)C1=O)C(=O)N1CCOCC1. The number of aryl methyl sites for hydroxylation is 1. The van der Waals surface area contributed by atoms with E-state index in [1.165, 1.54) is 4.90 Å². The van der Waals surface area contributed by atoms with E-state index in [9.17, 15) is 14.4 Å². The predicted octanol–water partition coefficient (Wildman–Crippen LogP) is 2.20. The normalized spacial score (nSPS) is 15.3. The van der Waals surface area contributed by atoms with Gasteiger partial charge < -0.3 is 15.0 Å². The van der Waals surface area contributed by atoms with Crippen LogP contribution in [0.25, 0.3) is 22.0 Å². The van der Waals surface area contributed by atoms with E-state index in [0.29, 0.717) is 31.9 Å². The number of ether oxygens (including phenoxy) is 1. The Balaban J connectivity index is 1.34. The number of fused-ring (bicyclic) bond motifs is 2. The van der Waals surface area contributed by atoms with Crippen molar-refractivity contribution in [2.75, 3.05) is 26.3 Å². The molecule has 0 aliphatic carbocycles. The molecule has 1 saturated heterocycles. The maximum absolute atomic E-state index is 13.2. The topological polar surface area (TPSA) is 96.8 Å². The number of nitrogens with zero attached hydrogens (tertiary/aromatic N) is 4. The number of hydrogen-bond acceptors (Lipinski definition) is 5. The molecule has 0 radical (unpaired) electrons. The lowest BCUT2D eigenvalue weighted by atomic mass is 9.96. The van der Waals surface area contributed by atoms with Crippen molar-refractivity contribution in [2.45, 2.75) is 6.54 Å². The highest BCUT2D eigenvalue weighted by Crippen LogP contribution is 2.35. The van der Waals surface area contributed by atoms with Gasteiger partial charge in [0.2, 0.25) is 0 Å². The van der Waals surface area contributed by atoms with Crippen LogP contribution >= 0.6 is 0 Å². The first-order valence-corrected chi connectivity index (χ1v) is 11.3. The van der Waals surface area contributed by atoms with Gasteiger partial charge in [0.05, 0.1) is 31.0 Å². The van der Waals surface area contributed by atoms with E-state index in [4.69, 9.17) is 4.74 Å². The second-order valence-electron chi connectivity index (χ2n) is 8.58. The molecule has 9 nitrogen and oxygen atoms in total. The molecular weight excluding hydrogens is 446 g/mol. The molecule has 1 N–H and O–H groups in total. The first-order valence-electron chi connectivity index (χ1n) is 11.3. The Morgan fingerprint density at radius 2 is 1.83 bits per heavy atom. The number of benzene rings is 2. The van der Waals surface area contributed by atoms with Gasteiger partial charge in [-0.05, 0) is 34.9 Å². The van der Waals surface area contributed by atoms with Gasteiger partial charge in [-0.2, -0.15) is 5.10 Å². The van der Waals surface area contributed by atoms with Gasteiger partial charge >= 0.3 is 0 Å². The van der Waals surface area contributed by atoms with Crippen LogP contribution in [-0.2, 0) is 27.9 Å². The van der Waals surface area contributed by atoms with Crippen molar-refractivity contribution in [1.29, 1.82) is 0 Å².